The van der Waals surface area contributed by atoms with E-state index in [1.807, 2.05) is 13.0 Å². The number of amides is 1. The minimum atomic E-state index is -3.25. The minimum absolute atomic E-state index is 0.0124. The molecule has 7 heteroatoms. The fourth-order valence-electron chi connectivity index (χ4n) is 2.48. The van der Waals surface area contributed by atoms with Gasteiger partial charge in [0.15, 0.2) is 16.4 Å². The molecule has 0 saturated carbocycles. The van der Waals surface area contributed by atoms with Crippen LogP contribution in [0.15, 0.2) is 59.5 Å². The highest BCUT2D eigenvalue weighted by Gasteiger charge is 2.16. The first-order chi connectivity index (χ1) is 13.2. The molecular formula is C21H22N2O4S. The Balaban J connectivity index is 2.03. The van der Waals surface area contributed by atoms with E-state index in [1.165, 1.54) is 6.08 Å². The monoisotopic (exact) mass is 398 g/mol. The van der Waals surface area contributed by atoms with Crippen LogP contribution < -0.4 is 4.74 Å². The largest absolute Gasteiger partial charge is 0.479 e. The smallest absolute Gasteiger partial charge is 0.246 e. The molecular weight excluding hydrogens is 376 g/mol. The molecule has 0 N–H and O–H groups in total. The molecule has 0 spiro atoms. The topological polar surface area (TPSA) is 87.5 Å². The molecule has 0 aliphatic rings. The molecule has 2 rings (SSSR count). The van der Waals surface area contributed by atoms with Gasteiger partial charge in [0.25, 0.3) is 0 Å². The van der Waals surface area contributed by atoms with Crippen molar-refractivity contribution in [3.63, 3.8) is 0 Å². The molecule has 0 radical (unpaired) electrons. The molecule has 0 saturated heterocycles. The van der Waals surface area contributed by atoms with Crippen LogP contribution in [0.2, 0.25) is 0 Å². The summed E-state index contributed by atoms with van der Waals surface area (Å²) in [6.07, 6.45) is 4.34. The third-order valence-corrected chi connectivity index (χ3v) is 5.45. The number of likely N-dealkylation sites (N-methyl/N-ethyl adjacent to an activating group) is 1. The van der Waals surface area contributed by atoms with Crippen molar-refractivity contribution in [2.75, 3.05) is 19.9 Å². The molecule has 6 nitrogen and oxygen atoms in total. The van der Waals surface area contributed by atoms with E-state index in [0.29, 0.717) is 5.75 Å². The van der Waals surface area contributed by atoms with Crippen LogP contribution in [0.4, 0.5) is 0 Å². The number of rotatable bonds is 7. The zero-order valence-electron chi connectivity index (χ0n) is 16.0. The second kappa shape index (κ2) is 9.20. The highest BCUT2D eigenvalue weighted by atomic mass is 32.2. The van der Waals surface area contributed by atoms with E-state index in [1.54, 1.807) is 66.6 Å². The van der Waals surface area contributed by atoms with Crippen LogP contribution in [0, 0.1) is 11.3 Å². The summed E-state index contributed by atoms with van der Waals surface area (Å²) in [6, 6.07) is 15.3. The van der Waals surface area contributed by atoms with Crippen LogP contribution in [0.5, 0.6) is 5.75 Å². The molecule has 2 aromatic carbocycles. The number of hydrogen-bond acceptors (Lipinski definition) is 5. The lowest BCUT2D eigenvalue weighted by Crippen LogP contribution is -2.28. The average molecular weight is 398 g/mol. The summed E-state index contributed by atoms with van der Waals surface area (Å²) < 4.78 is 28.3. The van der Waals surface area contributed by atoms with Gasteiger partial charge in [-0.1, -0.05) is 24.3 Å². The van der Waals surface area contributed by atoms with Gasteiger partial charge in [0, 0.05) is 19.4 Å². The first kappa shape index (κ1) is 21.2. The molecule has 146 valence electrons. The summed E-state index contributed by atoms with van der Waals surface area (Å²) in [7, 11) is -1.55. The maximum Gasteiger partial charge on any atom is 0.246 e. The Labute approximate surface area is 165 Å². The van der Waals surface area contributed by atoms with Gasteiger partial charge < -0.3 is 9.64 Å². The van der Waals surface area contributed by atoms with E-state index >= 15 is 0 Å². The summed E-state index contributed by atoms with van der Waals surface area (Å²) in [4.78, 5) is 14.3. The minimum Gasteiger partial charge on any atom is -0.479 e. The van der Waals surface area contributed by atoms with Gasteiger partial charge in [-0.25, -0.2) is 8.42 Å². The van der Waals surface area contributed by atoms with E-state index in [0.717, 1.165) is 17.4 Å². The highest BCUT2D eigenvalue weighted by Crippen LogP contribution is 2.21. The van der Waals surface area contributed by atoms with E-state index in [9.17, 15) is 13.2 Å². The standard InChI is InChI=1S/C21H22N2O4S/c1-16(18-7-11-20(12-8-18)28(3,25)26)23(2)21(24)13-6-17-4-9-19(10-5-17)27-15-14-22/h4-13,16H,15H2,1-3H3/b13-6+. The Morgan fingerprint density at radius 1 is 1.18 bits per heavy atom. The lowest BCUT2D eigenvalue weighted by molar-refractivity contribution is -0.126. The number of sulfone groups is 1. The van der Waals surface area contributed by atoms with E-state index in [2.05, 4.69) is 0 Å². The SMILES string of the molecule is CC(c1ccc(S(C)(=O)=O)cc1)N(C)C(=O)/C=C/c1ccc(OCC#N)cc1. The molecule has 1 atom stereocenters. The fraction of sp³-hybridized carbons (Fsp3) is 0.238. The molecule has 0 aliphatic carbocycles. The van der Waals surface area contributed by atoms with E-state index in [-0.39, 0.29) is 23.5 Å². The zero-order valence-corrected chi connectivity index (χ0v) is 16.8. The van der Waals surface area contributed by atoms with Gasteiger partial charge in [-0.3, -0.25) is 4.79 Å². The summed E-state index contributed by atoms with van der Waals surface area (Å²) in [5, 5.41) is 8.50. The molecule has 0 heterocycles. The van der Waals surface area contributed by atoms with Crippen LogP contribution in [-0.2, 0) is 14.6 Å². The van der Waals surface area contributed by atoms with Gasteiger partial charge in [0.1, 0.15) is 11.8 Å². The normalized spacial score (nSPS) is 12.4. The van der Waals surface area contributed by atoms with Gasteiger partial charge in [0.05, 0.1) is 10.9 Å². The molecule has 1 amide bonds. The predicted octanol–water partition coefficient (Wildman–Crippen LogP) is 3.23. The van der Waals surface area contributed by atoms with Crippen LogP contribution in [-0.4, -0.2) is 39.1 Å². The van der Waals surface area contributed by atoms with Crippen molar-refractivity contribution in [1.82, 2.24) is 4.90 Å². The maximum absolute atomic E-state index is 12.4. The maximum atomic E-state index is 12.4. The number of nitrogens with zero attached hydrogens (tertiary/aromatic N) is 2. The number of carbonyl (C=O) groups excluding carboxylic acids is 1. The number of ether oxygens (including phenoxy) is 1. The second-order valence-electron chi connectivity index (χ2n) is 6.32. The molecule has 2 aromatic rings. The quantitative estimate of drug-likeness (QED) is 0.668. The van der Waals surface area contributed by atoms with Gasteiger partial charge in [0.2, 0.25) is 5.91 Å². The van der Waals surface area contributed by atoms with Crippen LogP contribution in [0.3, 0.4) is 0 Å². The zero-order chi connectivity index (χ0) is 20.7. The molecule has 0 aliphatic heterocycles. The van der Waals surface area contributed by atoms with E-state index in [4.69, 9.17) is 10.00 Å². The number of benzene rings is 2. The third kappa shape index (κ3) is 5.69. The lowest BCUT2D eigenvalue weighted by Gasteiger charge is -2.24. The number of nitriles is 1. The van der Waals surface area contributed by atoms with Gasteiger partial charge in [-0.15, -0.1) is 0 Å². The molecule has 28 heavy (non-hydrogen) atoms. The molecule has 0 aromatic heterocycles. The van der Waals surface area contributed by atoms with Crippen molar-refractivity contribution in [1.29, 1.82) is 5.26 Å². The molecule has 0 fully saturated rings. The summed E-state index contributed by atoms with van der Waals surface area (Å²) in [5.41, 5.74) is 1.67. The lowest BCUT2D eigenvalue weighted by atomic mass is 10.1. The first-order valence-corrected chi connectivity index (χ1v) is 10.5. The second-order valence-corrected chi connectivity index (χ2v) is 8.33. The molecule has 0 bridgehead atoms. The van der Waals surface area contributed by atoms with Crippen molar-refractivity contribution in [3.05, 3.63) is 65.7 Å². The molecule has 1 unspecified atom stereocenters. The van der Waals surface area contributed by atoms with Crippen molar-refractivity contribution >= 4 is 21.8 Å². The number of hydrogen-bond donors (Lipinski definition) is 0. The van der Waals surface area contributed by atoms with Crippen molar-refractivity contribution < 1.29 is 17.9 Å². The Bertz CT molecular complexity index is 988. The van der Waals surface area contributed by atoms with E-state index < -0.39 is 9.84 Å². The van der Waals surface area contributed by atoms with Crippen molar-refractivity contribution in [3.8, 4) is 11.8 Å². The summed E-state index contributed by atoms with van der Waals surface area (Å²) in [6.45, 7) is 1.87. The first-order valence-electron chi connectivity index (χ1n) is 8.57. The predicted molar refractivity (Wildman–Crippen MR) is 107 cm³/mol. The summed E-state index contributed by atoms with van der Waals surface area (Å²) >= 11 is 0. The van der Waals surface area contributed by atoms with Crippen molar-refractivity contribution in [2.45, 2.75) is 17.9 Å². The Kier molecular flexibility index (Phi) is 6.96. The third-order valence-electron chi connectivity index (χ3n) is 4.32. The average Bonchev–Trinajstić information content (AvgIpc) is 2.69. The Morgan fingerprint density at radius 3 is 2.32 bits per heavy atom. The summed E-state index contributed by atoms with van der Waals surface area (Å²) in [5.74, 6) is 0.415. The van der Waals surface area contributed by atoms with Gasteiger partial charge >= 0.3 is 0 Å². The van der Waals surface area contributed by atoms with Crippen LogP contribution in [0.1, 0.15) is 24.1 Å². The van der Waals surface area contributed by atoms with Crippen LogP contribution >= 0.6 is 0 Å². The number of carbonyl (C=O) groups is 1. The van der Waals surface area contributed by atoms with Crippen LogP contribution in [0.25, 0.3) is 6.08 Å². The Hall–Kier alpha value is -3.11. The van der Waals surface area contributed by atoms with Gasteiger partial charge in [-0.05, 0) is 48.4 Å². The highest BCUT2D eigenvalue weighted by molar-refractivity contribution is 7.90. The fourth-order valence-corrected chi connectivity index (χ4v) is 3.11. The van der Waals surface area contributed by atoms with Gasteiger partial charge in [-0.2, -0.15) is 5.26 Å². The van der Waals surface area contributed by atoms with Crippen molar-refractivity contribution in [2.24, 2.45) is 0 Å². The Morgan fingerprint density at radius 2 is 1.79 bits per heavy atom.